The van der Waals surface area contributed by atoms with Gasteiger partial charge in [0.05, 0.1) is 11.5 Å². The van der Waals surface area contributed by atoms with E-state index in [1.807, 2.05) is 12.1 Å². The molecule has 1 aliphatic rings. The maximum absolute atomic E-state index is 12.1. The second-order valence-corrected chi connectivity index (χ2v) is 8.06. The van der Waals surface area contributed by atoms with Crippen LogP contribution in [0, 0.1) is 5.92 Å². The summed E-state index contributed by atoms with van der Waals surface area (Å²) >= 11 is 0. The lowest BCUT2D eigenvalue weighted by atomic mass is 9.99. The zero-order valence-electron chi connectivity index (χ0n) is 12.2. The minimum Gasteiger partial charge on any atom is -0.351 e. The molecule has 0 aliphatic carbocycles. The standard InChI is InChI=1S/C15H19N3O3S/c19-15(13-2-1-12-4-8-16-14(12)18-13)17-7-3-11-5-9-22(20,21)10-6-11/h1-2,4,8,11H,3,5-7,9-10H2,(H,16,18)(H,17,19). The molecule has 118 valence electrons. The van der Waals surface area contributed by atoms with Gasteiger partial charge < -0.3 is 10.3 Å². The van der Waals surface area contributed by atoms with Gasteiger partial charge >= 0.3 is 0 Å². The molecule has 1 fully saturated rings. The molecule has 1 saturated heterocycles. The molecule has 1 aliphatic heterocycles. The summed E-state index contributed by atoms with van der Waals surface area (Å²) in [5, 5.41) is 3.83. The van der Waals surface area contributed by atoms with Crippen molar-refractivity contribution < 1.29 is 13.2 Å². The summed E-state index contributed by atoms with van der Waals surface area (Å²) in [4.78, 5) is 19.3. The van der Waals surface area contributed by atoms with Gasteiger partial charge in [0.25, 0.3) is 5.91 Å². The number of nitrogens with zero attached hydrogens (tertiary/aromatic N) is 1. The van der Waals surface area contributed by atoms with Crippen molar-refractivity contribution >= 4 is 26.8 Å². The lowest BCUT2D eigenvalue weighted by Gasteiger charge is -2.21. The number of nitrogens with one attached hydrogen (secondary N) is 2. The monoisotopic (exact) mass is 321 g/mol. The Labute approximate surface area is 129 Å². The first-order valence-electron chi connectivity index (χ1n) is 7.46. The number of hydrogen-bond acceptors (Lipinski definition) is 4. The van der Waals surface area contributed by atoms with Crippen molar-refractivity contribution in [2.24, 2.45) is 5.92 Å². The summed E-state index contributed by atoms with van der Waals surface area (Å²) in [6.07, 6.45) is 4.00. The van der Waals surface area contributed by atoms with Crippen molar-refractivity contribution in [2.45, 2.75) is 19.3 Å². The lowest BCUT2D eigenvalue weighted by molar-refractivity contribution is 0.0946. The van der Waals surface area contributed by atoms with Gasteiger partial charge in [0.2, 0.25) is 0 Å². The Morgan fingerprint density at radius 2 is 2.05 bits per heavy atom. The van der Waals surface area contributed by atoms with Crippen molar-refractivity contribution in [1.82, 2.24) is 15.3 Å². The normalized spacial score (nSPS) is 18.4. The minimum absolute atomic E-state index is 0.195. The number of sulfone groups is 1. The SMILES string of the molecule is O=C(NCCC1CCS(=O)(=O)CC1)c1ccc2cc[nH]c2n1. The van der Waals surface area contributed by atoms with Crippen molar-refractivity contribution in [1.29, 1.82) is 0 Å². The largest absolute Gasteiger partial charge is 0.351 e. The van der Waals surface area contributed by atoms with Crippen LogP contribution < -0.4 is 5.32 Å². The number of H-pyrrole nitrogens is 1. The summed E-state index contributed by atoms with van der Waals surface area (Å²) in [7, 11) is -2.82. The minimum atomic E-state index is -2.82. The van der Waals surface area contributed by atoms with Crippen LogP contribution in [-0.4, -0.2) is 42.3 Å². The number of amides is 1. The van der Waals surface area contributed by atoms with E-state index in [1.165, 1.54) is 0 Å². The quantitative estimate of drug-likeness (QED) is 0.893. The summed E-state index contributed by atoms with van der Waals surface area (Å²) in [5.74, 6) is 0.732. The predicted molar refractivity (Wildman–Crippen MR) is 84.4 cm³/mol. The number of hydrogen-bond donors (Lipinski definition) is 2. The molecule has 2 aromatic rings. The van der Waals surface area contributed by atoms with E-state index in [-0.39, 0.29) is 17.4 Å². The van der Waals surface area contributed by atoms with Crippen molar-refractivity contribution in [3.05, 3.63) is 30.1 Å². The Bertz CT molecular complexity index is 768. The zero-order valence-corrected chi connectivity index (χ0v) is 13.0. The molecule has 0 atom stereocenters. The van der Waals surface area contributed by atoms with Crippen LogP contribution in [0.5, 0.6) is 0 Å². The number of carbonyl (C=O) groups is 1. The van der Waals surface area contributed by atoms with Crippen LogP contribution in [0.25, 0.3) is 11.0 Å². The Morgan fingerprint density at radius 1 is 1.27 bits per heavy atom. The van der Waals surface area contributed by atoms with E-state index in [2.05, 4.69) is 15.3 Å². The van der Waals surface area contributed by atoms with Gasteiger partial charge in [-0.1, -0.05) is 0 Å². The fourth-order valence-corrected chi connectivity index (χ4v) is 4.35. The molecule has 0 bridgehead atoms. The van der Waals surface area contributed by atoms with E-state index >= 15 is 0 Å². The predicted octanol–water partition coefficient (Wildman–Crippen LogP) is 1.51. The van der Waals surface area contributed by atoms with Crippen LogP contribution in [0.2, 0.25) is 0 Å². The van der Waals surface area contributed by atoms with Crippen LogP contribution in [-0.2, 0) is 9.84 Å². The molecule has 6 nitrogen and oxygen atoms in total. The molecule has 22 heavy (non-hydrogen) atoms. The Morgan fingerprint density at radius 3 is 2.82 bits per heavy atom. The van der Waals surface area contributed by atoms with E-state index in [4.69, 9.17) is 0 Å². The Hall–Kier alpha value is -1.89. The van der Waals surface area contributed by atoms with Crippen LogP contribution in [0.15, 0.2) is 24.4 Å². The first kappa shape index (κ1) is 15.0. The summed E-state index contributed by atoms with van der Waals surface area (Å²) in [6, 6.07) is 5.47. The second-order valence-electron chi connectivity index (χ2n) is 5.75. The zero-order chi connectivity index (χ0) is 15.6. The maximum atomic E-state index is 12.1. The van der Waals surface area contributed by atoms with Gasteiger partial charge in [-0.2, -0.15) is 0 Å². The number of pyridine rings is 1. The number of fused-ring (bicyclic) bond motifs is 1. The van der Waals surface area contributed by atoms with Gasteiger partial charge in [-0.15, -0.1) is 0 Å². The van der Waals surface area contributed by atoms with Crippen molar-refractivity contribution in [2.75, 3.05) is 18.1 Å². The van der Waals surface area contributed by atoms with E-state index < -0.39 is 9.84 Å². The molecule has 0 aromatic carbocycles. The molecule has 0 radical (unpaired) electrons. The third kappa shape index (κ3) is 3.47. The van der Waals surface area contributed by atoms with Gasteiger partial charge in [-0.3, -0.25) is 4.79 Å². The van der Waals surface area contributed by atoms with Crippen LogP contribution in [0.3, 0.4) is 0 Å². The van der Waals surface area contributed by atoms with Gasteiger partial charge in [0.15, 0.2) is 0 Å². The molecule has 3 rings (SSSR count). The molecular weight excluding hydrogens is 302 g/mol. The van der Waals surface area contributed by atoms with Crippen LogP contribution in [0.1, 0.15) is 29.8 Å². The van der Waals surface area contributed by atoms with Gasteiger partial charge in [-0.25, -0.2) is 13.4 Å². The molecule has 1 amide bonds. The summed E-state index contributed by atoms with van der Waals surface area (Å²) in [6.45, 7) is 0.550. The smallest absolute Gasteiger partial charge is 0.269 e. The highest BCUT2D eigenvalue weighted by Crippen LogP contribution is 2.21. The molecular formula is C15H19N3O3S. The number of carbonyl (C=O) groups excluding carboxylic acids is 1. The third-order valence-corrected chi connectivity index (χ3v) is 5.87. The molecule has 3 heterocycles. The summed E-state index contributed by atoms with van der Waals surface area (Å²) in [5.41, 5.74) is 1.09. The second kappa shape index (κ2) is 6.08. The van der Waals surface area contributed by atoms with E-state index in [0.717, 1.165) is 11.8 Å². The molecule has 0 saturated carbocycles. The van der Waals surface area contributed by atoms with Gasteiger partial charge in [0, 0.05) is 18.1 Å². The first-order valence-corrected chi connectivity index (χ1v) is 9.28. The molecule has 0 unspecified atom stereocenters. The number of aromatic amines is 1. The first-order chi connectivity index (χ1) is 10.5. The van der Waals surface area contributed by atoms with E-state index in [9.17, 15) is 13.2 Å². The average Bonchev–Trinajstić information content (AvgIpc) is 2.96. The van der Waals surface area contributed by atoms with E-state index in [0.29, 0.717) is 36.6 Å². The van der Waals surface area contributed by atoms with E-state index in [1.54, 1.807) is 12.3 Å². The van der Waals surface area contributed by atoms with Crippen molar-refractivity contribution in [3.63, 3.8) is 0 Å². The highest BCUT2D eigenvalue weighted by atomic mass is 32.2. The third-order valence-electron chi connectivity index (χ3n) is 4.15. The molecule has 2 N–H and O–H groups in total. The molecule has 7 heteroatoms. The topological polar surface area (TPSA) is 91.9 Å². The highest BCUT2D eigenvalue weighted by molar-refractivity contribution is 7.91. The highest BCUT2D eigenvalue weighted by Gasteiger charge is 2.23. The Balaban J connectivity index is 1.50. The maximum Gasteiger partial charge on any atom is 0.269 e. The Kier molecular flexibility index (Phi) is 4.15. The van der Waals surface area contributed by atoms with Crippen LogP contribution >= 0.6 is 0 Å². The number of rotatable bonds is 4. The lowest BCUT2D eigenvalue weighted by Crippen LogP contribution is -2.29. The fourth-order valence-electron chi connectivity index (χ4n) is 2.76. The molecule has 0 spiro atoms. The van der Waals surface area contributed by atoms with Gasteiger partial charge in [-0.05, 0) is 43.4 Å². The molecule has 2 aromatic heterocycles. The number of aromatic nitrogens is 2. The van der Waals surface area contributed by atoms with Gasteiger partial charge in [0.1, 0.15) is 21.2 Å². The van der Waals surface area contributed by atoms with Crippen molar-refractivity contribution in [3.8, 4) is 0 Å². The average molecular weight is 321 g/mol. The van der Waals surface area contributed by atoms with Crippen LogP contribution in [0.4, 0.5) is 0 Å². The fraction of sp³-hybridized carbons (Fsp3) is 0.467. The summed E-state index contributed by atoms with van der Waals surface area (Å²) < 4.78 is 22.7.